The van der Waals surface area contributed by atoms with Crippen LogP contribution in [-0.4, -0.2) is 11.1 Å². The van der Waals surface area contributed by atoms with E-state index < -0.39 is 28.2 Å². The van der Waals surface area contributed by atoms with Crippen LogP contribution in [0.25, 0.3) is 10.8 Å². The van der Waals surface area contributed by atoms with Crippen LogP contribution in [0.4, 0.5) is 0 Å². The summed E-state index contributed by atoms with van der Waals surface area (Å²) in [6.45, 7) is 8.30. The van der Waals surface area contributed by atoms with E-state index in [1.807, 2.05) is 6.92 Å². The molecule has 5 heteroatoms. The molecule has 2 aromatic rings. The van der Waals surface area contributed by atoms with E-state index in [-0.39, 0.29) is 16.7 Å². The highest BCUT2D eigenvalue weighted by molar-refractivity contribution is 5.84. The van der Waals surface area contributed by atoms with E-state index in [0.717, 1.165) is 18.4 Å². The molecule has 4 atom stereocenters. The minimum atomic E-state index is -0.988. The minimum Gasteiger partial charge on any atom is -0.481 e. The molecule has 0 saturated heterocycles. The Morgan fingerprint density at radius 2 is 1.56 bits per heavy atom. The first-order valence-corrected chi connectivity index (χ1v) is 9.71. The van der Waals surface area contributed by atoms with Gasteiger partial charge in [0.1, 0.15) is 0 Å². The van der Waals surface area contributed by atoms with Crippen LogP contribution in [-0.2, 0) is 4.79 Å². The van der Waals surface area contributed by atoms with E-state index in [0.29, 0.717) is 24.7 Å². The lowest BCUT2D eigenvalue weighted by atomic mass is 9.79. The molecule has 0 amide bonds. The minimum absolute atomic E-state index is 0.0931. The highest BCUT2D eigenvalue weighted by atomic mass is 16.4. The molecule has 0 heterocycles. The summed E-state index contributed by atoms with van der Waals surface area (Å²) in [5.74, 6) is -0.524. The third-order valence-corrected chi connectivity index (χ3v) is 6.06. The molecule has 0 radical (unpaired) electrons. The van der Waals surface area contributed by atoms with Gasteiger partial charge in [0.2, 0.25) is 10.9 Å². The van der Waals surface area contributed by atoms with Gasteiger partial charge in [0.05, 0.1) is 5.92 Å². The summed E-state index contributed by atoms with van der Waals surface area (Å²) < 4.78 is 0. The summed E-state index contributed by atoms with van der Waals surface area (Å²) in [4.78, 5) is 47.1. The van der Waals surface area contributed by atoms with Gasteiger partial charge in [-0.15, -0.1) is 0 Å². The number of carbonyl (C=O) groups is 1. The Hall–Kier alpha value is -2.30. The predicted octanol–water partition coefficient (Wildman–Crippen LogP) is 3.45. The first-order chi connectivity index (χ1) is 12.7. The molecular formula is C22H28O5. The first-order valence-electron chi connectivity index (χ1n) is 9.71. The number of rotatable bonds is 9. The molecule has 146 valence electrons. The third-order valence-electron chi connectivity index (χ3n) is 6.06. The molecule has 0 aliphatic carbocycles. The molecule has 0 bridgehead atoms. The van der Waals surface area contributed by atoms with Crippen LogP contribution in [0.2, 0.25) is 0 Å². The number of aliphatic carboxylic acids is 1. The molecule has 0 aliphatic heterocycles. The van der Waals surface area contributed by atoms with Crippen LogP contribution < -0.4 is 16.3 Å². The Bertz CT molecular complexity index is 951. The lowest BCUT2D eigenvalue weighted by molar-refractivity contribution is -0.143. The van der Waals surface area contributed by atoms with Crippen LogP contribution in [0.15, 0.2) is 32.6 Å². The van der Waals surface area contributed by atoms with Crippen LogP contribution in [0.1, 0.15) is 64.9 Å². The second kappa shape index (κ2) is 8.59. The summed E-state index contributed by atoms with van der Waals surface area (Å²) in [5, 5.41) is 9.99. The van der Waals surface area contributed by atoms with Crippen LogP contribution >= 0.6 is 0 Å². The van der Waals surface area contributed by atoms with Gasteiger partial charge in [-0.1, -0.05) is 46.6 Å². The number of carboxylic acid groups (broad SMARTS) is 1. The number of hydrogen-bond donors (Lipinski definition) is 1. The molecule has 0 aromatic heterocycles. The van der Waals surface area contributed by atoms with Crippen LogP contribution in [0.5, 0.6) is 0 Å². The number of fused-ring (bicyclic) bond motifs is 1. The maximum atomic E-state index is 11.9. The quantitative estimate of drug-likeness (QED) is 0.681. The Labute approximate surface area is 158 Å². The van der Waals surface area contributed by atoms with Gasteiger partial charge in [-0.05, 0) is 48.3 Å². The van der Waals surface area contributed by atoms with Crippen molar-refractivity contribution in [2.45, 2.75) is 59.3 Å². The summed E-state index contributed by atoms with van der Waals surface area (Å²) >= 11 is 0. The van der Waals surface area contributed by atoms with Gasteiger partial charge in [-0.25, -0.2) is 0 Å². The molecule has 4 unspecified atom stereocenters. The lowest BCUT2D eigenvalue weighted by Gasteiger charge is -2.26. The van der Waals surface area contributed by atoms with Gasteiger partial charge >= 0.3 is 5.97 Å². The summed E-state index contributed by atoms with van der Waals surface area (Å²) in [5.41, 5.74) is -1.72. The molecule has 2 aromatic carbocycles. The van der Waals surface area contributed by atoms with Crippen molar-refractivity contribution in [1.82, 2.24) is 0 Å². The summed E-state index contributed by atoms with van der Waals surface area (Å²) in [6, 6.07) is 4.81. The summed E-state index contributed by atoms with van der Waals surface area (Å²) in [7, 11) is 0. The van der Waals surface area contributed by atoms with Gasteiger partial charge in [0.15, 0.2) is 0 Å². The molecule has 27 heavy (non-hydrogen) atoms. The second-order valence-corrected chi connectivity index (χ2v) is 7.75. The van der Waals surface area contributed by atoms with E-state index in [1.54, 1.807) is 12.1 Å². The van der Waals surface area contributed by atoms with Crippen molar-refractivity contribution in [3.05, 3.63) is 54.4 Å². The largest absolute Gasteiger partial charge is 0.481 e. The maximum absolute atomic E-state index is 11.9. The van der Waals surface area contributed by atoms with Crippen LogP contribution in [0, 0.1) is 17.8 Å². The highest BCUT2D eigenvalue weighted by Gasteiger charge is 2.27. The molecule has 0 fully saturated rings. The van der Waals surface area contributed by atoms with Crippen molar-refractivity contribution in [1.29, 1.82) is 0 Å². The van der Waals surface area contributed by atoms with Crippen molar-refractivity contribution in [3.63, 3.8) is 0 Å². The summed E-state index contributed by atoms with van der Waals surface area (Å²) in [6.07, 6.45) is 3.06. The molecule has 0 saturated carbocycles. The lowest BCUT2D eigenvalue weighted by Crippen LogP contribution is -2.29. The van der Waals surface area contributed by atoms with Gasteiger partial charge in [-0.2, -0.15) is 0 Å². The van der Waals surface area contributed by atoms with E-state index in [4.69, 9.17) is 0 Å². The zero-order valence-corrected chi connectivity index (χ0v) is 16.5. The van der Waals surface area contributed by atoms with E-state index in [9.17, 15) is 24.3 Å². The fourth-order valence-corrected chi connectivity index (χ4v) is 3.96. The molecular weight excluding hydrogens is 344 g/mol. The average Bonchev–Trinajstić information content (AvgIpc) is 2.87. The zero-order valence-electron chi connectivity index (χ0n) is 16.5. The molecule has 0 spiro atoms. The third kappa shape index (κ3) is 4.34. The maximum Gasteiger partial charge on any atom is 0.306 e. The Balaban J connectivity index is 2.26. The zero-order chi connectivity index (χ0) is 20.3. The molecule has 5 nitrogen and oxygen atoms in total. The van der Waals surface area contributed by atoms with Crippen LogP contribution in [0.3, 0.4) is 0 Å². The van der Waals surface area contributed by atoms with Gasteiger partial charge < -0.3 is 5.11 Å². The van der Waals surface area contributed by atoms with Crippen molar-refractivity contribution >= 4 is 16.7 Å². The number of hydrogen-bond acceptors (Lipinski definition) is 4. The Morgan fingerprint density at radius 3 is 2.11 bits per heavy atom. The topological polar surface area (TPSA) is 88.5 Å². The standard InChI is InChI=1S/C22H28O5/c1-5-12(3)14(6-2)10-16(22(26)27)9-13(4)15-7-8-17-18(11-15)20(24)21(25)19(17)23/h7-8,11-14,16H,5-6,9-10H2,1-4H3,(H,26,27). The highest BCUT2D eigenvalue weighted by Crippen LogP contribution is 2.32. The van der Waals surface area contributed by atoms with E-state index in [2.05, 4.69) is 20.8 Å². The number of benzene rings is 1. The first kappa shape index (κ1) is 21.0. The Morgan fingerprint density at radius 1 is 0.926 bits per heavy atom. The smallest absolute Gasteiger partial charge is 0.306 e. The number of carboxylic acids is 1. The SMILES string of the molecule is CCC(C)C(CC)CC(CC(C)c1ccc2c(=O)c(=O)c(=O)c2c1)C(=O)O. The predicted molar refractivity (Wildman–Crippen MR) is 107 cm³/mol. The van der Waals surface area contributed by atoms with Crippen molar-refractivity contribution in [2.75, 3.05) is 0 Å². The van der Waals surface area contributed by atoms with E-state index >= 15 is 0 Å². The van der Waals surface area contributed by atoms with Gasteiger partial charge in [0.25, 0.3) is 5.43 Å². The Kier molecular flexibility index (Phi) is 6.68. The molecule has 1 N–H and O–H groups in total. The molecule has 2 rings (SSSR count). The van der Waals surface area contributed by atoms with Crippen molar-refractivity contribution < 1.29 is 9.90 Å². The van der Waals surface area contributed by atoms with Gasteiger partial charge in [0, 0.05) is 10.8 Å². The fraction of sp³-hybridized carbons (Fsp3) is 0.545. The average molecular weight is 372 g/mol. The molecule has 0 aliphatic rings. The van der Waals surface area contributed by atoms with Crippen molar-refractivity contribution in [2.24, 2.45) is 17.8 Å². The fourth-order valence-electron chi connectivity index (χ4n) is 3.96. The van der Waals surface area contributed by atoms with Gasteiger partial charge in [-0.3, -0.25) is 19.2 Å². The second-order valence-electron chi connectivity index (χ2n) is 7.75. The normalized spacial score (nSPS) is 16.1. The van der Waals surface area contributed by atoms with E-state index in [1.165, 1.54) is 6.07 Å². The monoisotopic (exact) mass is 372 g/mol. The van der Waals surface area contributed by atoms with Crippen molar-refractivity contribution in [3.8, 4) is 0 Å².